The summed E-state index contributed by atoms with van der Waals surface area (Å²) in [5.41, 5.74) is 0.970. The summed E-state index contributed by atoms with van der Waals surface area (Å²) >= 11 is 7.17. The molecule has 1 aliphatic heterocycles. The standard InChI is InChI=1S/C22H27ClFN3O2S/c1-13-6-8-27(9-7-13)15(3)12-25-22(29)20-14(2)10-19(30-20)26-21(28)17-5-4-16(24)11-18(17)23/h4-5,10-11,13,15H,6-9,12H2,1-3H3,(H,25,29)(H,26,28). The van der Waals surface area contributed by atoms with Gasteiger partial charge in [0.15, 0.2) is 0 Å². The van der Waals surface area contributed by atoms with Crippen molar-refractivity contribution in [1.82, 2.24) is 10.2 Å². The lowest BCUT2D eigenvalue weighted by atomic mass is 9.98. The highest BCUT2D eigenvalue weighted by Crippen LogP contribution is 2.28. The fourth-order valence-electron chi connectivity index (χ4n) is 3.54. The molecule has 162 valence electrons. The van der Waals surface area contributed by atoms with Crippen LogP contribution in [-0.4, -0.2) is 42.4 Å². The van der Waals surface area contributed by atoms with Crippen LogP contribution in [0.5, 0.6) is 0 Å². The molecule has 1 aliphatic rings. The Morgan fingerprint density at radius 3 is 2.63 bits per heavy atom. The molecule has 8 heteroatoms. The van der Waals surface area contributed by atoms with E-state index in [0.29, 0.717) is 16.4 Å². The number of likely N-dealkylation sites (tertiary alicyclic amines) is 1. The number of hydrogen-bond acceptors (Lipinski definition) is 4. The molecular formula is C22H27ClFN3O2S. The fourth-order valence-corrected chi connectivity index (χ4v) is 4.78. The number of thiophene rings is 1. The first kappa shape index (κ1) is 22.7. The summed E-state index contributed by atoms with van der Waals surface area (Å²) in [7, 11) is 0. The summed E-state index contributed by atoms with van der Waals surface area (Å²) in [5, 5.41) is 6.34. The van der Waals surface area contributed by atoms with Gasteiger partial charge in [0.2, 0.25) is 0 Å². The van der Waals surface area contributed by atoms with Gasteiger partial charge in [0.1, 0.15) is 5.82 Å². The molecule has 2 amide bonds. The Morgan fingerprint density at radius 2 is 1.97 bits per heavy atom. The largest absolute Gasteiger partial charge is 0.350 e. The second-order valence-corrected chi connectivity index (χ2v) is 9.44. The Hall–Kier alpha value is -1.96. The van der Waals surface area contributed by atoms with E-state index in [0.717, 1.165) is 30.6 Å². The van der Waals surface area contributed by atoms with Gasteiger partial charge in [-0.2, -0.15) is 0 Å². The van der Waals surface area contributed by atoms with E-state index < -0.39 is 11.7 Å². The molecule has 0 aliphatic carbocycles. The number of amides is 2. The third-order valence-corrected chi connectivity index (χ3v) is 7.00. The van der Waals surface area contributed by atoms with E-state index >= 15 is 0 Å². The molecule has 1 aromatic heterocycles. The lowest BCUT2D eigenvalue weighted by Gasteiger charge is -2.34. The number of rotatable bonds is 6. The van der Waals surface area contributed by atoms with Crippen LogP contribution < -0.4 is 10.6 Å². The first-order valence-corrected chi connectivity index (χ1v) is 11.3. The lowest BCUT2D eigenvalue weighted by molar-refractivity contribution is 0.0924. The minimum Gasteiger partial charge on any atom is -0.350 e. The molecule has 2 heterocycles. The number of nitrogens with zero attached hydrogens (tertiary/aromatic N) is 1. The van der Waals surface area contributed by atoms with Crippen LogP contribution in [0.15, 0.2) is 24.3 Å². The average molecular weight is 452 g/mol. The molecule has 0 saturated carbocycles. The molecule has 1 aromatic carbocycles. The number of aryl methyl sites for hydroxylation is 1. The van der Waals surface area contributed by atoms with Gasteiger partial charge in [-0.3, -0.25) is 14.5 Å². The molecule has 0 radical (unpaired) electrons. The summed E-state index contributed by atoms with van der Waals surface area (Å²) in [6.07, 6.45) is 2.40. The van der Waals surface area contributed by atoms with Crippen molar-refractivity contribution in [3.05, 3.63) is 51.1 Å². The summed E-state index contributed by atoms with van der Waals surface area (Å²) in [5.74, 6) is -0.317. The number of carbonyl (C=O) groups is 2. The number of nitrogens with one attached hydrogen (secondary N) is 2. The predicted octanol–water partition coefficient (Wildman–Crippen LogP) is 4.95. The Labute approximate surface area is 185 Å². The highest BCUT2D eigenvalue weighted by molar-refractivity contribution is 7.18. The summed E-state index contributed by atoms with van der Waals surface area (Å²) in [6.45, 7) is 8.97. The van der Waals surface area contributed by atoms with Crippen LogP contribution in [0.2, 0.25) is 5.02 Å². The topological polar surface area (TPSA) is 61.4 Å². The van der Waals surface area contributed by atoms with Crippen LogP contribution in [-0.2, 0) is 0 Å². The first-order chi connectivity index (χ1) is 14.2. The van der Waals surface area contributed by atoms with Gasteiger partial charge in [-0.15, -0.1) is 11.3 Å². The number of hydrogen-bond donors (Lipinski definition) is 2. The van der Waals surface area contributed by atoms with E-state index in [1.54, 1.807) is 6.07 Å². The molecule has 1 atom stereocenters. The molecule has 0 bridgehead atoms. The van der Waals surface area contributed by atoms with E-state index in [4.69, 9.17) is 11.6 Å². The number of halogens is 2. The minimum absolute atomic E-state index is 0.0415. The molecule has 30 heavy (non-hydrogen) atoms. The van der Waals surface area contributed by atoms with Crippen LogP contribution in [0.1, 0.15) is 52.3 Å². The summed E-state index contributed by atoms with van der Waals surface area (Å²) in [4.78, 5) is 28.1. The number of carbonyl (C=O) groups excluding carboxylic acids is 2. The van der Waals surface area contributed by atoms with E-state index in [1.807, 2.05) is 6.92 Å². The maximum absolute atomic E-state index is 13.2. The van der Waals surface area contributed by atoms with Gasteiger partial charge in [0, 0.05) is 12.6 Å². The van der Waals surface area contributed by atoms with Gasteiger partial charge in [0.05, 0.1) is 20.5 Å². The quantitative estimate of drug-likeness (QED) is 0.653. The number of piperidine rings is 1. The molecule has 2 N–H and O–H groups in total. The first-order valence-electron chi connectivity index (χ1n) is 10.1. The Kier molecular flexibility index (Phi) is 7.50. The van der Waals surface area contributed by atoms with Gasteiger partial charge in [0.25, 0.3) is 11.8 Å². The van der Waals surface area contributed by atoms with Gasteiger partial charge in [-0.1, -0.05) is 18.5 Å². The highest BCUT2D eigenvalue weighted by atomic mass is 35.5. The van der Waals surface area contributed by atoms with Crippen LogP contribution in [0.25, 0.3) is 0 Å². The minimum atomic E-state index is -0.504. The van der Waals surface area contributed by atoms with E-state index in [-0.39, 0.29) is 22.5 Å². The number of anilines is 1. The third kappa shape index (κ3) is 5.59. The van der Waals surface area contributed by atoms with Gasteiger partial charge >= 0.3 is 0 Å². The Balaban J connectivity index is 1.58. The van der Waals surface area contributed by atoms with Crippen molar-refractivity contribution in [1.29, 1.82) is 0 Å². The normalized spacial score (nSPS) is 16.3. The average Bonchev–Trinajstić information content (AvgIpc) is 3.06. The highest BCUT2D eigenvalue weighted by Gasteiger charge is 2.22. The molecule has 1 unspecified atom stereocenters. The zero-order valence-corrected chi connectivity index (χ0v) is 19.0. The van der Waals surface area contributed by atoms with E-state index in [9.17, 15) is 14.0 Å². The Bertz CT molecular complexity index is 925. The van der Waals surface area contributed by atoms with Crippen molar-refractivity contribution >= 4 is 39.8 Å². The van der Waals surface area contributed by atoms with Crippen LogP contribution in [0.3, 0.4) is 0 Å². The van der Waals surface area contributed by atoms with Crippen molar-refractivity contribution in [2.45, 2.75) is 39.7 Å². The maximum atomic E-state index is 13.2. The molecular weight excluding hydrogens is 425 g/mol. The maximum Gasteiger partial charge on any atom is 0.261 e. The summed E-state index contributed by atoms with van der Waals surface area (Å²) in [6, 6.07) is 5.65. The van der Waals surface area contributed by atoms with E-state index in [2.05, 4.69) is 29.4 Å². The van der Waals surface area contributed by atoms with E-state index in [1.165, 1.54) is 36.3 Å². The SMILES string of the molecule is Cc1cc(NC(=O)c2ccc(F)cc2Cl)sc1C(=O)NCC(C)N1CCC(C)CC1. The molecule has 1 saturated heterocycles. The molecule has 1 fully saturated rings. The van der Waals surface area contributed by atoms with Crippen molar-refractivity contribution in [3.8, 4) is 0 Å². The van der Waals surface area contributed by atoms with Gasteiger partial charge < -0.3 is 10.6 Å². The predicted molar refractivity (Wildman–Crippen MR) is 120 cm³/mol. The van der Waals surface area contributed by atoms with Crippen molar-refractivity contribution in [2.24, 2.45) is 5.92 Å². The van der Waals surface area contributed by atoms with Crippen molar-refractivity contribution < 1.29 is 14.0 Å². The monoisotopic (exact) mass is 451 g/mol. The second kappa shape index (κ2) is 9.90. The van der Waals surface area contributed by atoms with Crippen molar-refractivity contribution in [3.63, 3.8) is 0 Å². The lowest BCUT2D eigenvalue weighted by Crippen LogP contribution is -2.45. The number of benzene rings is 1. The summed E-state index contributed by atoms with van der Waals surface area (Å²) < 4.78 is 13.2. The molecule has 2 aromatic rings. The van der Waals surface area contributed by atoms with Gasteiger partial charge in [-0.05, 0) is 75.5 Å². The van der Waals surface area contributed by atoms with Crippen LogP contribution in [0, 0.1) is 18.7 Å². The molecule has 5 nitrogen and oxygen atoms in total. The zero-order chi connectivity index (χ0) is 21.8. The smallest absolute Gasteiger partial charge is 0.261 e. The Morgan fingerprint density at radius 1 is 1.27 bits per heavy atom. The molecule has 0 spiro atoms. The van der Waals surface area contributed by atoms with Crippen LogP contribution in [0.4, 0.5) is 9.39 Å². The third-order valence-electron chi connectivity index (χ3n) is 5.54. The zero-order valence-electron chi connectivity index (χ0n) is 17.4. The van der Waals surface area contributed by atoms with Crippen molar-refractivity contribution in [2.75, 3.05) is 25.0 Å². The fraction of sp³-hybridized carbons (Fsp3) is 0.455. The van der Waals surface area contributed by atoms with Crippen LogP contribution >= 0.6 is 22.9 Å². The van der Waals surface area contributed by atoms with Gasteiger partial charge in [-0.25, -0.2) is 4.39 Å². The molecule has 3 rings (SSSR count). The second-order valence-electron chi connectivity index (χ2n) is 7.98.